The highest BCUT2D eigenvalue weighted by Crippen LogP contribution is 2.33. The maximum Gasteiger partial charge on any atom is 0.159 e. The van der Waals surface area contributed by atoms with Crippen LogP contribution in [0.3, 0.4) is 0 Å². The fourth-order valence-corrected chi connectivity index (χ4v) is 6.58. The molecule has 0 aliphatic heterocycles. The van der Waals surface area contributed by atoms with Gasteiger partial charge in [0.1, 0.15) is 17.5 Å². The van der Waals surface area contributed by atoms with Crippen LogP contribution >= 0.6 is 0 Å². The van der Waals surface area contributed by atoms with E-state index < -0.39 is 0 Å². The second-order valence-corrected chi connectivity index (χ2v) is 10.8. The van der Waals surface area contributed by atoms with Gasteiger partial charge in [0.05, 0.1) is 27.6 Å². The fourth-order valence-electron chi connectivity index (χ4n) is 6.58. The van der Waals surface area contributed by atoms with Crippen molar-refractivity contribution in [2.24, 2.45) is 7.05 Å². The minimum Gasteiger partial charge on any atom is -0.335 e. The van der Waals surface area contributed by atoms with E-state index in [2.05, 4.69) is 95.4 Å². The van der Waals surface area contributed by atoms with E-state index in [0.717, 1.165) is 61.6 Å². The fraction of sp³-hybridized carbons (Fsp3) is 0.0882. The zero-order valence-corrected chi connectivity index (χ0v) is 22.8. The summed E-state index contributed by atoms with van der Waals surface area (Å²) in [6, 6.07) is 26.0. The van der Waals surface area contributed by atoms with Crippen molar-refractivity contribution in [2.75, 3.05) is 0 Å². The Balaban J connectivity index is 1.17. The molecule has 0 saturated carbocycles. The van der Waals surface area contributed by atoms with Gasteiger partial charge in [-0.2, -0.15) is 0 Å². The topological polar surface area (TPSA) is 79.2 Å². The largest absolute Gasteiger partial charge is 0.335 e. The zero-order valence-electron chi connectivity index (χ0n) is 22.8. The molecule has 200 valence electrons. The Labute approximate surface area is 239 Å². The maximum atomic E-state index is 4.73. The van der Waals surface area contributed by atoms with Gasteiger partial charge in [0.2, 0.25) is 0 Å². The predicted octanol–water partition coefficient (Wildman–Crippen LogP) is 6.62. The molecule has 0 atom stereocenters. The molecular formula is C34H24N8. The van der Waals surface area contributed by atoms with Crippen LogP contribution in [0.4, 0.5) is 0 Å². The lowest BCUT2D eigenvalue weighted by molar-refractivity contribution is 0.852. The van der Waals surface area contributed by atoms with Gasteiger partial charge >= 0.3 is 0 Å². The molecule has 0 bridgehead atoms. The van der Waals surface area contributed by atoms with E-state index in [4.69, 9.17) is 9.97 Å². The average Bonchev–Trinajstić information content (AvgIpc) is 3.63. The van der Waals surface area contributed by atoms with E-state index in [1.165, 1.54) is 22.0 Å². The van der Waals surface area contributed by atoms with Crippen LogP contribution < -0.4 is 0 Å². The van der Waals surface area contributed by atoms with E-state index in [1.807, 2.05) is 25.5 Å². The molecule has 9 rings (SSSR count). The van der Waals surface area contributed by atoms with Crippen LogP contribution in [-0.2, 0) is 20.1 Å². The van der Waals surface area contributed by atoms with Crippen molar-refractivity contribution in [3.05, 3.63) is 115 Å². The molecule has 0 radical (unpaired) electrons. The van der Waals surface area contributed by atoms with Gasteiger partial charge < -0.3 is 13.7 Å². The molecule has 0 aliphatic carbocycles. The van der Waals surface area contributed by atoms with Crippen LogP contribution in [0.1, 0.15) is 11.1 Å². The number of rotatable bonds is 4. The minimum atomic E-state index is 0.682. The highest BCUT2D eigenvalue weighted by Gasteiger charge is 2.17. The third-order valence-corrected chi connectivity index (χ3v) is 8.47. The third kappa shape index (κ3) is 3.26. The van der Waals surface area contributed by atoms with Crippen molar-refractivity contribution < 1.29 is 0 Å². The number of hydrogen-bond donors (Lipinski definition) is 0. The summed E-state index contributed by atoms with van der Waals surface area (Å²) in [6.45, 7) is 1.42. The normalized spacial score (nSPS) is 12.1. The molecule has 6 aromatic heterocycles. The smallest absolute Gasteiger partial charge is 0.159 e. The number of hydrogen-bond acceptors (Lipinski definition) is 5. The number of aryl methyl sites for hydroxylation is 1. The first kappa shape index (κ1) is 23.1. The lowest BCUT2D eigenvalue weighted by atomic mass is 10.1. The average molecular weight is 545 g/mol. The molecular weight excluding hydrogens is 520 g/mol. The Bertz CT molecular complexity index is 2440. The lowest BCUT2D eigenvalue weighted by Gasteiger charge is -2.10. The van der Waals surface area contributed by atoms with Crippen molar-refractivity contribution in [1.29, 1.82) is 0 Å². The van der Waals surface area contributed by atoms with E-state index in [-0.39, 0.29) is 0 Å². The highest BCUT2D eigenvalue weighted by atomic mass is 15.1. The third-order valence-electron chi connectivity index (χ3n) is 8.47. The first-order chi connectivity index (χ1) is 20.7. The molecule has 0 saturated heterocycles. The van der Waals surface area contributed by atoms with E-state index in [0.29, 0.717) is 6.54 Å². The quantitative estimate of drug-likeness (QED) is 0.249. The highest BCUT2D eigenvalue weighted by molar-refractivity contribution is 6.08. The molecule has 0 unspecified atom stereocenters. The molecule has 0 spiro atoms. The number of benzene rings is 3. The second-order valence-electron chi connectivity index (χ2n) is 10.8. The number of fused-ring (bicyclic) bond motifs is 9. The Kier molecular flexibility index (Phi) is 4.78. The minimum absolute atomic E-state index is 0.682. The number of nitrogens with zero attached hydrogens (tertiary/aromatic N) is 8. The van der Waals surface area contributed by atoms with Gasteiger partial charge in [-0.1, -0.05) is 30.3 Å². The summed E-state index contributed by atoms with van der Waals surface area (Å²) < 4.78 is 6.75. The monoisotopic (exact) mass is 544 g/mol. The van der Waals surface area contributed by atoms with E-state index in [1.54, 1.807) is 18.7 Å². The van der Waals surface area contributed by atoms with Gasteiger partial charge in [-0.05, 0) is 53.6 Å². The van der Waals surface area contributed by atoms with Gasteiger partial charge in [-0.25, -0.2) is 15.0 Å². The van der Waals surface area contributed by atoms with Crippen LogP contribution in [0.25, 0.3) is 65.9 Å². The molecule has 0 aliphatic rings. The van der Waals surface area contributed by atoms with Crippen LogP contribution in [-0.4, -0.2) is 38.6 Å². The summed E-state index contributed by atoms with van der Waals surface area (Å²) >= 11 is 0. The van der Waals surface area contributed by atoms with Crippen molar-refractivity contribution in [1.82, 2.24) is 38.6 Å². The first-order valence-corrected chi connectivity index (χ1v) is 14.0. The Morgan fingerprint density at radius 1 is 0.548 bits per heavy atom. The van der Waals surface area contributed by atoms with Crippen LogP contribution in [0.15, 0.2) is 104 Å². The van der Waals surface area contributed by atoms with Crippen LogP contribution in [0, 0.1) is 0 Å². The van der Waals surface area contributed by atoms with Gasteiger partial charge in [-0.15, -0.1) is 0 Å². The lowest BCUT2D eigenvalue weighted by Crippen LogP contribution is -2.02. The maximum absolute atomic E-state index is 4.73. The second kappa shape index (κ2) is 8.68. The Hall–Kier alpha value is -5.63. The van der Waals surface area contributed by atoms with Gasteiger partial charge in [0.15, 0.2) is 5.65 Å². The molecule has 6 heterocycles. The summed E-state index contributed by atoms with van der Waals surface area (Å²) in [7, 11) is 2.04. The van der Waals surface area contributed by atoms with E-state index >= 15 is 0 Å². The van der Waals surface area contributed by atoms with Gasteiger partial charge in [0.25, 0.3) is 0 Å². The summed E-state index contributed by atoms with van der Waals surface area (Å²) in [5, 5.41) is 4.49. The van der Waals surface area contributed by atoms with Crippen molar-refractivity contribution >= 4 is 65.9 Å². The Morgan fingerprint density at radius 3 is 2.21 bits per heavy atom. The Morgan fingerprint density at radius 2 is 1.29 bits per heavy atom. The van der Waals surface area contributed by atoms with Crippen molar-refractivity contribution in [2.45, 2.75) is 13.1 Å². The van der Waals surface area contributed by atoms with Crippen molar-refractivity contribution in [3.8, 4) is 0 Å². The zero-order chi connectivity index (χ0) is 27.8. The standard InChI is InChI=1S/C34H24N8/c1-40-27-10-8-22(16-25(27)32-34(40)38-14-13-37-32)19-42-29-11-9-21(15-24(29)26-17-35-20-39-33(26)42)18-41-28-6-3-2-5-23(28)31-30(41)7-4-12-36-31/h2-17,20H,18-19H2,1H3. The summed E-state index contributed by atoms with van der Waals surface area (Å²) in [4.78, 5) is 23.0. The molecule has 8 heteroatoms. The molecule has 8 nitrogen and oxygen atoms in total. The van der Waals surface area contributed by atoms with Crippen molar-refractivity contribution in [3.63, 3.8) is 0 Å². The molecule has 0 amide bonds. The van der Waals surface area contributed by atoms with Gasteiger partial charge in [-0.3, -0.25) is 9.97 Å². The summed E-state index contributed by atoms with van der Waals surface area (Å²) in [5.74, 6) is 0. The molecule has 0 N–H and O–H groups in total. The van der Waals surface area contributed by atoms with E-state index in [9.17, 15) is 0 Å². The van der Waals surface area contributed by atoms with Gasteiger partial charge in [0, 0.05) is 66.5 Å². The number of para-hydroxylation sites is 1. The first-order valence-electron chi connectivity index (χ1n) is 14.0. The number of aromatic nitrogens is 8. The number of pyridine rings is 1. The van der Waals surface area contributed by atoms with Crippen LogP contribution in [0.2, 0.25) is 0 Å². The SMILES string of the molecule is Cn1c2ccc(Cn3c4ccc(Cn5c6ccccc6c6ncccc65)cc4c4cncnc43)cc2c2nccnc21. The molecule has 3 aromatic carbocycles. The molecule has 0 fully saturated rings. The molecule has 42 heavy (non-hydrogen) atoms. The van der Waals surface area contributed by atoms with Crippen LogP contribution in [0.5, 0.6) is 0 Å². The summed E-state index contributed by atoms with van der Waals surface area (Å²) in [5.41, 5.74) is 10.7. The predicted molar refractivity (Wildman–Crippen MR) is 166 cm³/mol. The summed E-state index contributed by atoms with van der Waals surface area (Å²) in [6.07, 6.45) is 8.93. The molecule has 9 aromatic rings.